The average molecular weight is 567 g/mol. The Balaban J connectivity index is 1.47. The number of likely N-dealkylation sites (tertiary alicyclic amines) is 1. The summed E-state index contributed by atoms with van der Waals surface area (Å²) in [7, 11) is 1.77. The van der Waals surface area contributed by atoms with E-state index < -0.39 is 5.41 Å². The molecule has 9 heteroatoms. The van der Waals surface area contributed by atoms with Gasteiger partial charge in [0.05, 0.1) is 27.7 Å². The first-order chi connectivity index (χ1) is 17.4. The van der Waals surface area contributed by atoms with Gasteiger partial charge in [0, 0.05) is 49.2 Å². The van der Waals surface area contributed by atoms with Crippen LogP contribution in [0.4, 0.5) is 5.69 Å². The molecule has 0 atom stereocenters. The van der Waals surface area contributed by atoms with E-state index in [1.165, 1.54) is 0 Å². The molecule has 8 nitrogen and oxygen atoms in total. The van der Waals surface area contributed by atoms with Gasteiger partial charge in [0.15, 0.2) is 0 Å². The smallest absolute Gasteiger partial charge is 0.261 e. The first kappa shape index (κ1) is 25.6. The Morgan fingerprint density at radius 1 is 1.03 bits per heavy atom. The van der Waals surface area contributed by atoms with Crippen molar-refractivity contribution in [3.8, 4) is 0 Å². The number of hydrogen-bond acceptors (Lipinski definition) is 5. The molecule has 0 bridgehead atoms. The van der Waals surface area contributed by atoms with Crippen LogP contribution in [-0.4, -0.2) is 50.4 Å². The highest BCUT2D eigenvalue weighted by Gasteiger charge is 2.43. The van der Waals surface area contributed by atoms with Gasteiger partial charge in [-0.1, -0.05) is 15.9 Å². The summed E-state index contributed by atoms with van der Waals surface area (Å²) in [6.07, 6.45) is 4.23. The van der Waals surface area contributed by atoms with Gasteiger partial charge in [-0.05, 0) is 70.4 Å². The molecule has 2 aliphatic heterocycles. The van der Waals surface area contributed by atoms with E-state index in [0.717, 1.165) is 27.8 Å². The monoisotopic (exact) mass is 565 g/mol. The van der Waals surface area contributed by atoms with Gasteiger partial charge in [0.2, 0.25) is 11.8 Å². The van der Waals surface area contributed by atoms with Gasteiger partial charge in [0.25, 0.3) is 5.56 Å². The molecule has 2 amide bonds. The molecule has 37 heavy (non-hydrogen) atoms. The maximum absolute atomic E-state index is 13.6. The Bertz CT molecular complexity index is 1490. The van der Waals surface area contributed by atoms with Crippen LogP contribution in [-0.2, 0) is 34.4 Å². The number of aryl methyl sites for hydroxylation is 1. The molecular formula is C28H32BrN5O3. The standard InChI is InChI=1S/C28H32BrN5O3/c1-27(2)11-8-23(35)34(27)13-10-22-31-20-15-18(29)6-7-19(20)25(36)33(22)12-9-17-14-21-24(30-16-17)28(3,4)26(37)32(21)5/h6-7,14-16H,8-13H2,1-5H3. The van der Waals surface area contributed by atoms with Crippen LogP contribution in [0, 0.1) is 0 Å². The lowest BCUT2D eigenvalue weighted by atomic mass is 9.90. The SMILES string of the molecule is CN1C(=O)C(C)(C)c2ncc(CCn3c(CCN4C(=O)CCC4(C)C)nc4cc(Br)ccc4c3=O)cc21. The molecule has 1 aromatic carbocycles. The van der Waals surface area contributed by atoms with Crippen molar-refractivity contribution in [3.05, 3.63) is 62.4 Å². The number of nitrogens with zero attached hydrogens (tertiary/aromatic N) is 5. The van der Waals surface area contributed by atoms with Gasteiger partial charge >= 0.3 is 0 Å². The van der Waals surface area contributed by atoms with Crippen LogP contribution in [0.1, 0.15) is 57.6 Å². The summed E-state index contributed by atoms with van der Waals surface area (Å²) in [5.74, 6) is 0.830. The van der Waals surface area contributed by atoms with Crippen molar-refractivity contribution in [3.63, 3.8) is 0 Å². The molecule has 0 N–H and O–H groups in total. The van der Waals surface area contributed by atoms with Crippen molar-refractivity contribution in [2.45, 2.75) is 70.9 Å². The van der Waals surface area contributed by atoms with Gasteiger partial charge in [-0.2, -0.15) is 0 Å². The first-order valence-corrected chi connectivity index (χ1v) is 13.5. The van der Waals surface area contributed by atoms with Crippen molar-refractivity contribution in [2.75, 3.05) is 18.5 Å². The lowest BCUT2D eigenvalue weighted by Gasteiger charge is -2.31. The van der Waals surface area contributed by atoms with E-state index in [1.807, 2.05) is 36.9 Å². The summed E-state index contributed by atoms with van der Waals surface area (Å²) in [5, 5.41) is 0.559. The number of amides is 2. The lowest BCUT2D eigenvalue weighted by molar-refractivity contribution is -0.130. The Morgan fingerprint density at radius 3 is 2.49 bits per heavy atom. The average Bonchev–Trinajstić information content (AvgIpc) is 3.20. The van der Waals surface area contributed by atoms with E-state index in [4.69, 9.17) is 4.98 Å². The number of halogens is 1. The quantitative estimate of drug-likeness (QED) is 0.450. The highest BCUT2D eigenvalue weighted by atomic mass is 79.9. The molecule has 1 saturated heterocycles. The fraction of sp³-hybridized carbons (Fsp3) is 0.464. The second-order valence-corrected chi connectivity index (χ2v) is 12.1. The van der Waals surface area contributed by atoms with Crippen LogP contribution >= 0.6 is 15.9 Å². The van der Waals surface area contributed by atoms with Crippen LogP contribution in [0.5, 0.6) is 0 Å². The van der Waals surface area contributed by atoms with Crippen molar-refractivity contribution in [2.24, 2.45) is 0 Å². The summed E-state index contributed by atoms with van der Waals surface area (Å²) in [4.78, 5) is 51.8. The van der Waals surface area contributed by atoms with Gasteiger partial charge in [-0.3, -0.25) is 23.9 Å². The Kier molecular flexibility index (Phi) is 6.25. The normalized spacial score (nSPS) is 18.2. The number of carbonyl (C=O) groups excluding carboxylic acids is 2. The van der Waals surface area contributed by atoms with Crippen LogP contribution in [0.15, 0.2) is 39.7 Å². The van der Waals surface area contributed by atoms with Crippen LogP contribution in [0.2, 0.25) is 0 Å². The summed E-state index contributed by atoms with van der Waals surface area (Å²) in [5.41, 5.74) is 2.23. The van der Waals surface area contributed by atoms with Crippen molar-refractivity contribution in [1.29, 1.82) is 0 Å². The number of aromatic nitrogens is 3. The summed E-state index contributed by atoms with van der Waals surface area (Å²) in [6.45, 7) is 8.88. The molecule has 1 fully saturated rings. The number of fused-ring (bicyclic) bond motifs is 2. The van der Waals surface area contributed by atoms with Crippen LogP contribution in [0.25, 0.3) is 10.9 Å². The molecule has 3 aromatic rings. The number of hydrogen-bond donors (Lipinski definition) is 0. The molecule has 4 heterocycles. The van der Waals surface area contributed by atoms with Crippen molar-refractivity contribution >= 4 is 44.3 Å². The molecule has 0 unspecified atom stereocenters. The largest absolute Gasteiger partial charge is 0.337 e. The third-order valence-corrected chi connectivity index (χ3v) is 8.37. The first-order valence-electron chi connectivity index (χ1n) is 12.7. The van der Waals surface area contributed by atoms with E-state index in [1.54, 1.807) is 28.8 Å². The van der Waals surface area contributed by atoms with E-state index in [9.17, 15) is 14.4 Å². The van der Waals surface area contributed by atoms with Gasteiger partial charge in [-0.25, -0.2) is 4.98 Å². The zero-order valence-electron chi connectivity index (χ0n) is 22.0. The number of rotatable bonds is 6. The van der Waals surface area contributed by atoms with E-state index in [-0.39, 0.29) is 22.9 Å². The Labute approximate surface area is 224 Å². The molecule has 0 radical (unpaired) electrons. The Hall–Kier alpha value is -3.07. The van der Waals surface area contributed by atoms with Gasteiger partial charge < -0.3 is 9.80 Å². The van der Waals surface area contributed by atoms with Crippen molar-refractivity contribution < 1.29 is 9.59 Å². The fourth-order valence-corrected chi connectivity index (χ4v) is 5.91. The van der Waals surface area contributed by atoms with E-state index in [2.05, 4.69) is 34.8 Å². The highest BCUT2D eigenvalue weighted by Crippen LogP contribution is 2.39. The summed E-state index contributed by atoms with van der Waals surface area (Å²) < 4.78 is 2.59. The highest BCUT2D eigenvalue weighted by molar-refractivity contribution is 9.10. The van der Waals surface area contributed by atoms with Crippen LogP contribution in [0.3, 0.4) is 0 Å². The molecule has 0 aliphatic carbocycles. The topological polar surface area (TPSA) is 88.4 Å². The van der Waals surface area contributed by atoms with Crippen molar-refractivity contribution in [1.82, 2.24) is 19.4 Å². The Morgan fingerprint density at radius 2 is 1.78 bits per heavy atom. The van der Waals surface area contributed by atoms with Gasteiger partial charge in [-0.15, -0.1) is 0 Å². The van der Waals surface area contributed by atoms with E-state index in [0.29, 0.717) is 49.1 Å². The minimum atomic E-state index is -0.649. The summed E-state index contributed by atoms with van der Waals surface area (Å²) in [6, 6.07) is 7.49. The second kappa shape index (κ2) is 9.04. The van der Waals surface area contributed by atoms with Gasteiger partial charge in [0.1, 0.15) is 5.82 Å². The second-order valence-electron chi connectivity index (χ2n) is 11.2. The zero-order chi connectivity index (χ0) is 26.7. The minimum Gasteiger partial charge on any atom is -0.337 e. The minimum absolute atomic E-state index is 0.0231. The molecule has 0 saturated carbocycles. The predicted octanol–water partition coefficient (Wildman–Crippen LogP) is 3.99. The molecular weight excluding hydrogens is 534 g/mol. The molecule has 2 aromatic heterocycles. The molecule has 194 valence electrons. The third kappa shape index (κ3) is 4.37. The molecule has 5 rings (SSSR count). The summed E-state index contributed by atoms with van der Waals surface area (Å²) >= 11 is 3.48. The maximum Gasteiger partial charge on any atom is 0.261 e. The number of benzene rings is 1. The third-order valence-electron chi connectivity index (χ3n) is 7.88. The van der Waals surface area contributed by atoms with Crippen LogP contribution < -0.4 is 10.5 Å². The molecule has 2 aliphatic rings. The fourth-order valence-electron chi connectivity index (χ4n) is 5.56. The van der Waals surface area contributed by atoms with E-state index >= 15 is 0 Å². The number of pyridine rings is 1. The molecule has 0 spiro atoms. The maximum atomic E-state index is 13.6. The number of anilines is 1. The number of carbonyl (C=O) groups is 2. The predicted molar refractivity (Wildman–Crippen MR) is 147 cm³/mol. The number of likely N-dealkylation sites (N-methyl/N-ethyl adjacent to an activating group) is 1. The zero-order valence-corrected chi connectivity index (χ0v) is 23.6. The lowest BCUT2D eigenvalue weighted by Crippen LogP contribution is -2.42.